The van der Waals surface area contributed by atoms with Gasteiger partial charge < -0.3 is 15.3 Å². The first-order valence-corrected chi connectivity index (χ1v) is 26.0. The van der Waals surface area contributed by atoms with Gasteiger partial charge in [0.1, 0.15) is 0 Å². The molecular formula is C55H98O6. The van der Waals surface area contributed by atoms with Crippen LogP contribution < -0.4 is 0 Å². The molecule has 0 saturated carbocycles. The molecule has 6 heteroatoms. The molecule has 0 fully saturated rings. The lowest BCUT2D eigenvalue weighted by Crippen LogP contribution is -2.69. The monoisotopic (exact) mass is 855 g/mol. The quantitative estimate of drug-likeness (QED) is 0.0319. The predicted molar refractivity (Wildman–Crippen MR) is 261 cm³/mol. The molecule has 354 valence electrons. The fourth-order valence-electron chi connectivity index (χ4n) is 8.09. The lowest BCUT2D eigenvalue weighted by Gasteiger charge is -2.39. The Kier molecular flexibility index (Phi) is 41.6. The number of Topliss-reactive ketones (excluding diaryl/α,β-unsaturated/α-hetero) is 3. The van der Waals surface area contributed by atoms with Crippen LogP contribution in [-0.4, -0.2) is 50.5 Å². The first kappa shape index (κ1) is 58.9. The Bertz CT molecular complexity index is 1150. The molecule has 61 heavy (non-hydrogen) atoms. The zero-order valence-electron chi connectivity index (χ0n) is 40.3. The fourth-order valence-corrected chi connectivity index (χ4v) is 8.09. The number of carbonyl (C=O) groups is 3. The van der Waals surface area contributed by atoms with Crippen LogP contribution in [0.2, 0.25) is 0 Å². The summed E-state index contributed by atoms with van der Waals surface area (Å²) < 4.78 is 0. The first-order chi connectivity index (χ1) is 29.8. The number of allylic oxidation sites excluding steroid dienone is 8. The van der Waals surface area contributed by atoms with Gasteiger partial charge in [-0.1, -0.05) is 211 Å². The van der Waals surface area contributed by atoms with E-state index in [9.17, 15) is 29.7 Å². The van der Waals surface area contributed by atoms with Crippen LogP contribution in [-0.2, 0) is 14.4 Å². The van der Waals surface area contributed by atoms with Crippen LogP contribution in [0, 0.1) is 0 Å². The standard InChI is InChI=1S/C55H98O6/c1-4-7-10-13-16-19-22-25-27-30-32-35-38-41-44-47-51(57)54(60,50-56)55(61,52(58)48-45-42-39-36-33-29-24-21-18-15-12-9-6-3)53(59)49-46-43-40-37-34-31-28-26-23-20-17-14-11-8-5-2/h16-17,19-20,25-28,56,60-61H,4-15,18,21-24,29-50H2,1-3H3. The third-order valence-electron chi connectivity index (χ3n) is 12.3. The summed E-state index contributed by atoms with van der Waals surface area (Å²) in [4.78, 5) is 41.1. The van der Waals surface area contributed by atoms with Crippen LogP contribution in [0.1, 0.15) is 265 Å². The summed E-state index contributed by atoms with van der Waals surface area (Å²) in [5, 5.41) is 34.0. The van der Waals surface area contributed by atoms with Crippen molar-refractivity contribution in [2.75, 3.05) is 6.61 Å². The zero-order chi connectivity index (χ0) is 45.0. The van der Waals surface area contributed by atoms with E-state index in [0.29, 0.717) is 19.3 Å². The highest BCUT2D eigenvalue weighted by molar-refractivity contribution is 6.16. The molecule has 0 saturated heterocycles. The van der Waals surface area contributed by atoms with E-state index in [1.54, 1.807) is 0 Å². The molecule has 0 radical (unpaired) electrons. The number of unbranched alkanes of at least 4 members (excludes halogenated alkanes) is 28. The summed E-state index contributed by atoms with van der Waals surface area (Å²) in [5.74, 6) is -2.51. The second-order valence-electron chi connectivity index (χ2n) is 18.0. The smallest absolute Gasteiger partial charge is 0.219 e. The summed E-state index contributed by atoms with van der Waals surface area (Å²) in [5.41, 5.74) is -5.79. The lowest BCUT2D eigenvalue weighted by molar-refractivity contribution is -0.194. The summed E-state index contributed by atoms with van der Waals surface area (Å²) in [6, 6.07) is 0. The third-order valence-corrected chi connectivity index (χ3v) is 12.3. The summed E-state index contributed by atoms with van der Waals surface area (Å²) in [6.45, 7) is 5.52. The number of hydrogen-bond donors (Lipinski definition) is 3. The molecule has 0 aromatic rings. The number of rotatable bonds is 47. The second-order valence-corrected chi connectivity index (χ2v) is 18.0. The fraction of sp³-hybridized carbons (Fsp3) is 0.800. The highest BCUT2D eigenvalue weighted by Gasteiger charge is 2.62. The van der Waals surface area contributed by atoms with Gasteiger partial charge in [-0.25, -0.2) is 0 Å². The van der Waals surface area contributed by atoms with Crippen molar-refractivity contribution in [3.05, 3.63) is 48.6 Å². The Morgan fingerprint density at radius 3 is 0.902 bits per heavy atom. The van der Waals surface area contributed by atoms with Crippen molar-refractivity contribution in [3.63, 3.8) is 0 Å². The maximum atomic E-state index is 13.8. The topological polar surface area (TPSA) is 112 Å². The zero-order valence-corrected chi connectivity index (χ0v) is 40.3. The van der Waals surface area contributed by atoms with Crippen molar-refractivity contribution in [2.24, 2.45) is 0 Å². The average molecular weight is 855 g/mol. The molecule has 0 amide bonds. The molecule has 6 nitrogen and oxygen atoms in total. The van der Waals surface area contributed by atoms with Crippen molar-refractivity contribution in [3.8, 4) is 0 Å². The van der Waals surface area contributed by atoms with Crippen LogP contribution >= 0.6 is 0 Å². The second kappa shape index (κ2) is 43.1. The van der Waals surface area contributed by atoms with Crippen LogP contribution in [0.15, 0.2) is 48.6 Å². The van der Waals surface area contributed by atoms with Crippen LogP contribution in [0.4, 0.5) is 0 Å². The van der Waals surface area contributed by atoms with E-state index in [2.05, 4.69) is 69.4 Å². The van der Waals surface area contributed by atoms with Gasteiger partial charge in [-0.05, 0) is 83.5 Å². The molecule has 0 aromatic heterocycles. The Morgan fingerprint density at radius 1 is 0.344 bits per heavy atom. The SMILES string of the molecule is CCCCCC=CCC=CCCCCCCCC(=O)C(O)(CO)C(O)(C(=O)CCCCCCCC=CCC=CCCCCC)C(=O)CCCCCCCCCCCCCCC. The Balaban J connectivity index is 5.02. The number of carbonyl (C=O) groups excluding carboxylic acids is 3. The van der Waals surface area contributed by atoms with Gasteiger partial charge in [0, 0.05) is 19.3 Å². The summed E-state index contributed by atoms with van der Waals surface area (Å²) in [6.07, 6.45) is 54.6. The highest BCUT2D eigenvalue weighted by Crippen LogP contribution is 2.32. The maximum Gasteiger partial charge on any atom is 0.219 e. The van der Waals surface area contributed by atoms with Crippen LogP contribution in [0.3, 0.4) is 0 Å². The molecule has 3 N–H and O–H groups in total. The lowest BCUT2D eigenvalue weighted by atomic mass is 9.71. The molecule has 2 atom stereocenters. The minimum absolute atomic E-state index is 0.104. The summed E-state index contributed by atoms with van der Waals surface area (Å²) >= 11 is 0. The number of aliphatic hydroxyl groups is 3. The Labute approximate surface area is 377 Å². The van der Waals surface area contributed by atoms with Crippen LogP contribution in [0.25, 0.3) is 0 Å². The predicted octanol–water partition coefficient (Wildman–Crippen LogP) is 15.3. The molecule has 0 aliphatic heterocycles. The van der Waals surface area contributed by atoms with E-state index in [-0.39, 0.29) is 19.3 Å². The molecule has 2 unspecified atom stereocenters. The molecule has 0 heterocycles. The number of ketones is 3. The molecule has 0 aliphatic rings. The van der Waals surface area contributed by atoms with E-state index in [4.69, 9.17) is 0 Å². The third kappa shape index (κ3) is 30.6. The number of aliphatic hydroxyl groups excluding tert-OH is 1. The first-order valence-electron chi connectivity index (χ1n) is 26.0. The molecule has 0 spiro atoms. The number of hydrogen-bond acceptors (Lipinski definition) is 6. The van der Waals surface area contributed by atoms with Gasteiger partial charge in [0.05, 0.1) is 6.61 Å². The van der Waals surface area contributed by atoms with Gasteiger partial charge in [-0.2, -0.15) is 0 Å². The van der Waals surface area contributed by atoms with Crippen molar-refractivity contribution >= 4 is 17.3 Å². The largest absolute Gasteiger partial charge is 0.393 e. The van der Waals surface area contributed by atoms with Crippen molar-refractivity contribution in [1.82, 2.24) is 0 Å². The molecule has 0 rings (SSSR count). The van der Waals surface area contributed by atoms with E-state index in [1.165, 1.54) is 89.9 Å². The minimum Gasteiger partial charge on any atom is -0.393 e. The van der Waals surface area contributed by atoms with E-state index in [0.717, 1.165) is 116 Å². The Morgan fingerprint density at radius 2 is 0.590 bits per heavy atom. The average Bonchev–Trinajstić information content (AvgIpc) is 3.26. The maximum absolute atomic E-state index is 13.8. The van der Waals surface area contributed by atoms with Gasteiger partial charge in [0.15, 0.2) is 23.0 Å². The van der Waals surface area contributed by atoms with Crippen molar-refractivity contribution < 1.29 is 29.7 Å². The van der Waals surface area contributed by atoms with Gasteiger partial charge in [-0.3, -0.25) is 14.4 Å². The van der Waals surface area contributed by atoms with E-state index < -0.39 is 35.2 Å². The van der Waals surface area contributed by atoms with Crippen molar-refractivity contribution in [1.29, 1.82) is 0 Å². The van der Waals surface area contributed by atoms with E-state index >= 15 is 0 Å². The van der Waals surface area contributed by atoms with Gasteiger partial charge >= 0.3 is 0 Å². The normalized spacial score (nSPS) is 14.2. The minimum atomic E-state index is -2.94. The molecule has 0 aliphatic carbocycles. The van der Waals surface area contributed by atoms with Gasteiger partial charge in [0.25, 0.3) is 0 Å². The summed E-state index contributed by atoms with van der Waals surface area (Å²) in [7, 11) is 0. The Hall–Kier alpha value is -2.15. The van der Waals surface area contributed by atoms with Crippen molar-refractivity contribution in [2.45, 2.75) is 276 Å². The van der Waals surface area contributed by atoms with Gasteiger partial charge in [0.2, 0.25) is 5.60 Å². The van der Waals surface area contributed by atoms with E-state index in [1.807, 2.05) is 0 Å². The van der Waals surface area contributed by atoms with Crippen LogP contribution in [0.5, 0.6) is 0 Å². The molecular weight excluding hydrogens is 757 g/mol. The van der Waals surface area contributed by atoms with Gasteiger partial charge in [-0.15, -0.1) is 0 Å². The molecule has 0 aromatic carbocycles. The molecule has 0 bridgehead atoms. The highest BCUT2D eigenvalue weighted by atomic mass is 16.4.